The largest absolute Gasteiger partial charge is 0.493 e. The SMILES string of the molecule is COc1cc(Br)c(C(c2ccc(C)s2)N2CCNCC2)cc1OC. The Morgan fingerprint density at radius 1 is 1.12 bits per heavy atom. The number of aryl methyl sites for hydroxylation is 1. The summed E-state index contributed by atoms with van der Waals surface area (Å²) in [6, 6.07) is 8.77. The predicted molar refractivity (Wildman–Crippen MR) is 103 cm³/mol. The number of nitrogens with one attached hydrogen (secondary N) is 1. The van der Waals surface area contributed by atoms with Crippen LogP contribution in [0.3, 0.4) is 0 Å². The van der Waals surface area contributed by atoms with Crippen LogP contribution in [0.25, 0.3) is 0 Å². The smallest absolute Gasteiger partial charge is 0.161 e. The van der Waals surface area contributed by atoms with Crippen LogP contribution in [0, 0.1) is 6.92 Å². The Balaban J connectivity index is 2.07. The molecule has 1 atom stereocenters. The molecule has 1 aliphatic rings. The molecule has 1 aromatic heterocycles. The fraction of sp³-hybridized carbons (Fsp3) is 0.444. The lowest BCUT2D eigenvalue weighted by Crippen LogP contribution is -2.45. The van der Waals surface area contributed by atoms with Gasteiger partial charge in [0.15, 0.2) is 11.5 Å². The Kier molecular flexibility index (Phi) is 5.81. The standard InChI is InChI=1S/C18H23BrN2O2S/c1-12-4-5-17(24-12)18(21-8-6-20-7-9-21)13-10-15(22-2)16(23-3)11-14(13)19/h4-5,10-11,18,20H,6-9H2,1-3H3. The first-order valence-corrected chi connectivity index (χ1v) is 9.67. The van der Waals surface area contributed by atoms with Gasteiger partial charge in [0.25, 0.3) is 0 Å². The van der Waals surface area contributed by atoms with Crippen molar-refractivity contribution in [1.29, 1.82) is 0 Å². The maximum absolute atomic E-state index is 5.54. The zero-order valence-corrected chi connectivity index (χ0v) is 16.7. The molecule has 0 saturated carbocycles. The van der Waals surface area contributed by atoms with Gasteiger partial charge in [0.1, 0.15) is 0 Å². The van der Waals surface area contributed by atoms with Gasteiger partial charge in [-0.25, -0.2) is 0 Å². The Morgan fingerprint density at radius 3 is 2.38 bits per heavy atom. The van der Waals surface area contributed by atoms with Gasteiger partial charge in [0.05, 0.1) is 20.3 Å². The summed E-state index contributed by atoms with van der Waals surface area (Å²) in [5, 5.41) is 3.44. The van der Waals surface area contributed by atoms with E-state index in [4.69, 9.17) is 9.47 Å². The number of benzene rings is 1. The maximum atomic E-state index is 5.54. The minimum atomic E-state index is 0.222. The number of methoxy groups -OCH3 is 2. The van der Waals surface area contributed by atoms with Gasteiger partial charge in [-0.2, -0.15) is 0 Å². The molecule has 1 N–H and O–H groups in total. The van der Waals surface area contributed by atoms with Crippen LogP contribution in [0.2, 0.25) is 0 Å². The number of hydrogen-bond acceptors (Lipinski definition) is 5. The van der Waals surface area contributed by atoms with Crippen molar-refractivity contribution in [2.24, 2.45) is 0 Å². The van der Waals surface area contributed by atoms with Crippen molar-refractivity contribution in [1.82, 2.24) is 10.2 Å². The van der Waals surface area contributed by atoms with Crippen molar-refractivity contribution in [3.63, 3.8) is 0 Å². The van der Waals surface area contributed by atoms with E-state index >= 15 is 0 Å². The van der Waals surface area contributed by atoms with E-state index in [2.05, 4.69) is 51.3 Å². The van der Waals surface area contributed by atoms with Crippen molar-refractivity contribution in [2.45, 2.75) is 13.0 Å². The molecule has 1 fully saturated rings. The fourth-order valence-corrected chi connectivity index (χ4v) is 4.72. The number of hydrogen-bond donors (Lipinski definition) is 1. The summed E-state index contributed by atoms with van der Waals surface area (Å²) in [5.74, 6) is 1.51. The Labute approximate surface area is 155 Å². The Bertz CT molecular complexity index is 698. The third-order valence-corrected chi connectivity index (χ3v) is 6.08. The van der Waals surface area contributed by atoms with Crippen LogP contribution in [0.4, 0.5) is 0 Å². The van der Waals surface area contributed by atoms with E-state index in [0.717, 1.165) is 42.2 Å². The average Bonchev–Trinajstić information content (AvgIpc) is 3.03. The summed E-state index contributed by atoms with van der Waals surface area (Å²) in [4.78, 5) is 5.23. The molecule has 1 unspecified atom stereocenters. The van der Waals surface area contributed by atoms with Crippen LogP contribution < -0.4 is 14.8 Å². The second kappa shape index (κ2) is 7.87. The lowest BCUT2D eigenvalue weighted by molar-refractivity contribution is 0.200. The molecule has 4 nitrogen and oxygen atoms in total. The number of ether oxygens (including phenoxy) is 2. The highest BCUT2D eigenvalue weighted by Gasteiger charge is 2.28. The van der Waals surface area contributed by atoms with Crippen molar-refractivity contribution >= 4 is 27.3 Å². The monoisotopic (exact) mass is 410 g/mol. The molecule has 2 heterocycles. The lowest BCUT2D eigenvalue weighted by atomic mass is 10.0. The van der Waals surface area contributed by atoms with Gasteiger partial charge < -0.3 is 14.8 Å². The zero-order chi connectivity index (χ0) is 17.1. The van der Waals surface area contributed by atoms with Crippen LogP contribution >= 0.6 is 27.3 Å². The maximum Gasteiger partial charge on any atom is 0.161 e. The summed E-state index contributed by atoms with van der Waals surface area (Å²) >= 11 is 5.61. The van der Waals surface area contributed by atoms with Crippen molar-refractivity contribution in [3.8, 4) is 11.5 Å². The molecule has 1 aliphatic heterocycles. The number of halogens is 1. The number of thiophene rings is 1. The fourth-order valence-electron chi connectivity index (χ4n) is 3.15. The van der Waals surface area contributed by atoms with E-state index in [1.165, 1.54) is 15.3 Å². The van der Waals surface area contributed by atoms with Gasteiger partial charge in [-0.15, -0.1) is 11.3 Å². The first-order chi connectivity index (χ1) is 11.6. The molecule has 1 saturated heterocycles. The van der Waals surface area contributed by atoms with Gasteiger partial charge >= 0.3 is 0 Å². The third kappa shape index (κ3) is 3.61. The second-order valence-corrected chi connectivity index (χ2v) is 8.04. The molecule has 0 spiro atoms. The minimum Gasteiger partial charge on any atom is -0.493 e. The summed E-state index contributed by atoms with van der Waals surface area (Å²) in [6.07, 6.45) is 0. The number of piperazine rings is 1. The number of nitrogens with zero attached hydrogens (tertiary/aromatic N) is 1. The highest BCUT2D eigenvalue weighted by atomic mass is 79.9. The normalized spacial score (nSPS) is 16.8. The summed E-state index contributed by atoms with van der Waals surface area (Å²) in [7, 11) is 3.35. The van der Waals surface area contributed by atoms with Crippen LogP contribution in [0.5, 0.6) is 11.5 Å². The predicted octanol–water partition coefficient (Wildman–Crippen LogP) is 3.83. The lowest BCUT2D eigenvalue weighted by Gasteiger charge is -2.35. The average molecular weight is 411 g/mol. The molecular weight excluding hydrogens is 388 g/mol. The van der Waals surface area contributed by atoms with Crippen LogP contribution in [0.1, 0.15) is 21.4 Å². The highest BCUT2D eigenvalue weighted by molar-refractivity contribution is 9.10. The molecule has 0 radical (unpaired) electrons. The van der Waals surface area contributed by atoms with Crippen molar-refractivity contribution in [3.05, 3.63) is 44.1 Å². The van der Waals surface area contributed by atoms with Crippen LogP contribution in [0.15, 0.2) is 28.7 Å². The van der Waals surface area contributed by atoms with E-state index in [1.54, 1.807) is 14.2 Å². The third-order valence-electron chi connectivity index (χ3n) is 4.34. The first-order valence-electron chi connectivity index (χ1n) is 8.06. The molecule has 0 bridgehead atoms. The molecule has 0 aliphatic carbocycles. The molecule has 2 aromatic rings. The second-order valence-electron chi connectivity index (χ2n) is 5.87. The van der Waals surface area contributed by atoms with Gasteiger partial charge in [-0.05, 0) is 36.8 Å². The first kappa shape index (κ1) is 17.7. The molecule has 6 heteroatoms. The van der Waals surface area contributed by atoms with Crippen molar-refractivity contribution < 1.29 is 9.47 Å². The molecule has 130 valence electrons. The van der Waals surface area contributed by atoms with E-state index in [1.807, 2.05) is 17.4 Å². The van der Waals surface area contributed by atoms with E-state index in [9.17, 15) is 0 Å². The highest BCUT2D eigenvalue weighted by Crippen LogP contribution is 2.42. The zero-order valence-electron chi connectivity index (χ0n) is 14.3. The van der Waals surface area contributed by atoms with Crippen LogP contribution in [-0.2, 0) is 0 Å². The Morgan fingerprint density at radius 2 is 1.79 bits per heavy atom. The molecule has 24 heavy (non-hydrogen) atoms. The quantitative estimate of drug-likeness (QED) is 0.811. The molecule has 0 amide bonds. The molecular formula is C18H23BrN2O2S. The van der Waals surface area contributed by atoms with Gasteiger partial charge in [0, 0.05) is 40.4 Å². The van der Waals surface area contributed by atoms with E-state index in [-0.39, 0.29) is 6.04 Å². The van der Waals surface area contributed by atoms with Crippen LogP contribution in [-0.4, -0.2) is 45.3 Å². The van der Waals surface area contributed by atoms with Gasteiger partial charge in [-0.1, -0.05) is 15.9 Å². The van der Waals surface area contributed by atoms with Gasteiger partial charge in [0.2, 0.25) is 0 Å². The molecule has 3 rings (SSSR count). The molecule has 1 aromatic carbocycles. The summed E-state index contributed by atoms with van der Waals surface area (Å²) in [6.45, 7) is 6.26. The summed E-state index contributed by atoms with van der Waals surface area (Å²) < 4.78 is 12.0. The Hall–Kier alpha value is -1.08. The van der Waals surface area contributed by atoms with E-state index < -0.39 is 0 Å². The number of rotatable bonds is 5. The minimum absolute atomic E-state index is 0.222. The van der Waals surface area contributed by atoms with Gasteiger partial charge in [-0.3, -0.25) is 4.90 Å². The van der Waals surface area contributed by atoms with Crippen molar-refractivity contribution in [2.75, 3.05) is 40.4 Å². The topological polar surface area (TPSA) is 33.7 Å². The van der Waals surface area contributed by atoms with E-state index in [0.29, 0.717) is 0 Å². The summed E-state index contributed by atoms with van der Waals surface area (Å²) in [5.41, 5.74) is 1.22.